The molecule has 0 bridgehead atoms. The highest BCUT2D eigenvalue weighted by molar-refractivity contribution is 7.10. The number of aliphatic hydroxyl groups excluding tert-OH is 1. The Hall–Kier alpha value is -0.820. The second-order valence-electron chi connectivity index (χ2n) is 5.72. The van der Waals surface area contributed by atoms with E-state index in [2.05, 4.69) is 57.5 Å². The Kier molecular flexibility index (Phi) is 5.40. The van der Waals surface area contributed by atoms with Crippen LogP contribution in [0.4, 0.5) is 0 Å². The third kappa shape index (κ3) is 4.45. The Morgan fingerprint density at radius 2 is 2.11 bits per heavy atom. The zero-order chi connectivity index (χ0) is 13.8. The van der Waals surface area contributed by atoms with E-state index in [1.54, 1.807) is 11.3 Å². The molecule has 0 aliphatic carbocycles. The Morgan fingerprint density at radius 3 is 2.67 bits per heavy atom. The maximum absolute atomic E-state index is 8.66. The summed E-state index contributed by atoms with van der Waals surface area (Å²) < 4.78 is 0. The highest BCUT2D eigenvalue weighted by atomic mass is 32.1. The monoisotopic (exact) mass is 265 g/mol. The van der Waals surface area contributed by atoms with Crippen LogP contribution in [0.25, 0.3) is 0 Å². The van der Waals surface area contributed by atoms with Crippen molar-refractivity contribution >= 4 is 11.3 Å². The third-order valence-electron chi connectivity index (χ3n) is 3.29. The lowest BCUT2D eigenvalue weighted by Crippen LogP contribution is -2.38. The molecule has 1 unspecified atom stereocenters. The molecule has 2 nitrogen and oxygen atoms in total. The second-order valence-corrected chi connectivity index (χ2v) is 6.71. The van der Waals surface area contributed by atoms with Crippen LogP contribution in [0.5, 0.6) is 0 Å². The lowest BCUT2D eigenvalue weighted by molar-refractivity contribution is 0.136. The molecular weight excluding hydrogens is 242 g/mol. The topological polar surface area (TPSA) is 23.5 Å². The Labute approximate surface area is 115 Å². The van der Waals surface area contributed by atoms with Crippen LogP contribution in [0.15, 0.2) is 11.4 Å². The first-order valence-corrected chi connectivity index (χ1v) is 7.10. The molecule has 100 valence electrons. The van der Waals surface area contributed by atoms with Gasteiger partial charge in [0.15, 0.2) is 0 Å². The van der Waals surface area contributed by atoms with E-state index in [4.69, 9.17) is 5.11 Å². The summed E-state index contributed by atoms with van der Waals surface area (Å²) in [6.45, 7) is 9.93. The van der Waals surface area contributed by atoms with E-state index >= 15 is 0 Å². The maximum Gasteiger partial charge on any atom is 0.104 e. The predicted molar refractivity (Wildman–Crippen MR) is 78.7 cm³/mol. The smallest absolute Gasteiger partial charge is 0.104 e. The molecule has 0 radical (unpaired) electrons. The van der Waals surface area contributed by atoms with Crippen LogP contribution >= 0.6 is 11.3 Å². The summed E-state index contributed by atoms with van der Waals surface area (Å²) in [6, 6.07) is 2.63. The molecule has 0 saturated heterocycles. The second kappa shape index (κ2) is 6.38. The van der Waals surface area contributed by atoms with Crippen molar-refractivity contribution in [1.29, 1.82) is 0 Å². The van der Waals surface area contributed by atoms with Crippen molar-refractivity contribution in [1.82, 2.24) is 4.90 Å². The summed E-state index contributed by atoms with van der Waals surface area (Å²) in [4.78, 5) is 3.69. The first kappa shape index (κ1) is 15.2. The number of nitrogens with zero attached hydrogens (tertiary/aromatic N) is 1. The number of thiophene rings is 1. The van der Waals surface area contributed by atoms with Crippen molar-refractivity contribution in [2.75, 3.05) is 13.7 Å². The summed E-state index contributed by atoms with van der Waals surface area (Å²) in [5.74, 6) is 5.62. The lowest BCUT2D eigenvalue weighted by atomic mass is 9.87. The van der Waals surface area contributed by atoms with Crippen molar-refractivity contribution in [3.63, 3.8) is 0 Å². The molecule has 0 spiro atoms. The zero-order valence-corrected chi connectivity index (χ0v) is 12.8. The Balaban J connectivity index is 2.65. The van der Waals surface area contributed by atoms with Gasteiger partial charge in [0.25, 0.3) is 0 Å². The predicted octanol–water partition coefficient (Wildman–Crippen LogP) is 2.96. The van der Waals surface area contributed by atoms with E-state index in [9.17, 15) is 0 Å². The molecule has 0 amide bonds. The fourth-order valence-electron chi connectivity index (χ4n) is 1.71. The van der Waals surface area contributed by atoms with Crippen molar-refractivity contribution in [2.45, 2.75) is 40.3 Å². The van der Waals surface area contributed by atoms with E-state index in [-0.39, 0.29) is 12.0 Å². The average Bonchev–Trinajstić information content (AvgIpc) is 2.71. The number of aliphatic hydroxyl groups is 1. The lowest BCUT2D eigenvalue weighted by Gasteiger charge is -2.35. The van der Waals surface area contributed by atoms with Gasteiger partial charge in [0.2, 0.25) is 0 Å². The molecule has 1 heterocycles. The molecule has 18 heavy (non-hydrogen) atoms. The van der Waals surface area contributed by atoms with Crippen LogP contribution in [0, 0.1) is 17.3 Å². The molecule has 3 heteroatoms. The van der Waals surface area contributed by atoms with Crippen LogP contribution in [-0.4, -0.2) is 29.7 Å². The minimum atomic E-state index is -0.0772. The van der Waals surface area contributed by atoms with Gasteiger partial charge in [-0.15, -0.1) is 11.3 Å². The minimum absolute atomic E-state index is 0.0772. The van der Waals surface area contributed by atoms with Gasteiger partial charge < -0.3 is 5.11 Å². The fourth-order valence-corrected chi connectivity index (χ4v) is 2.59. The normalized spacial score (nSPS) is 13.3. The Bertz CT molecular complexity index is 433. The standard InChI is InChI=1S/C15H23NOS/c1-12(15(2,3)4)16(5)10-14-9-13(11-18-14)7-6-8-17/h9,11-12,17H,8,10H2,1-5H3. The molecule has 1 aromatic heterocycles. The van der Waals surface area contributed by atoms with E-state index in [1.165, 1.54) is 4.88 Å². The van der Waals surface area contributed by atoms with Gasteiger partial charge in [-0.05, 0) is 25.5 Å². The van der Waals surface area contributed by atoms with Crippen LogP contribution in [0.2, 0.25) is 0 Å². The average molecular weight is 265 g/mol. The van der Waals surface area contributed by atoms with Crippen molar-refractivity contribution in [2.24, 2.45) is 5.41 Å². The van der Waals surface area contributed by atoms with E-state index in [0.29, 0.717) is 6.04 Å². The van der Waals surface area contributed by atoms with Gasteiger partial charge in [0, 0.05) is 28.4 Å². The van der Waals surface area contributed by atoms with E-state index < -0.39 is 0 Å². The summed E-state index contributed by atoms with van der Waals surface area (Å²) in [6.07, 6.45) is 0. The van der Waals surface area contributed by atoms with Gasteiger partial charge in [-0.25, -0.2) is 0 Å². The molecule has 0 fully saturated rings. The van der Waals surface area contributed by atoms with Gasteiger partial charge in [0.1, 0.15) is 6.61 Å². The third-order valence-corrected chi connectivity index (χ3v) is 4.21. The maximum atomic E-state index is 8.66. The van der Waals surface area contributed by atoms with E-state index in [1.807, 2.05) is 5.38 Å². The van der Waals surface area contributed by atoms with Gasteiger partial charge in [0.05, 0.1) is 0 Å². The van der Waals surface area contributed by atoms with Crippen LogP contribution in [0.1, 0.15) is 38.1 Å². The Morgan fingerprint density at radius 1 is 1.44 bits per heavy atom. The van der Waals surface area contributed by atoms with Gasteiger partial charge in [-0.1, -0.05) is 32.6 Å². The van der Waals surface area contributed by atoms with Crippen molar-refractivity contribution in [3.05, 3.63) is 21.9 Å². The van der Waals surface area contributed by atoms with Gasteiger partial charge in [-0.2, -0.15) is 0 Å². The molecule has 1 atom stereocenters. The minimum Gasteiger partial charge on any atom is -0.384 e. The fraction of sp³-hybridized carbons (Fsp3) is 0.600. The summed E-state index contributed by atoms with van der Waals surface area (Å²) in [5.41, 5.74) is 1.28. The largest absolute Gasteiger partial charge is 0.384 e. The van der Waals surface area contributed by atoms with Crippen molar-refractivity contribution in [3.8, 4) is 11.8 Å². The number of hydrogen-bond acceptors (Lipinski definition) is 3. The first-order valence-electron chi connectivity index (χ1n) is 6.22. The molecule has 1 rings (SSSR count). The SMILES string of the molecule is CC(N(C)Cc1cc(C#CCO)cs1)C(C)(C)C. The first-order chi connectivity index (χ1) is 8.34. The van der Waals surface area contributed by atoms with Gasteiger partial charge in [-0.3, -0.25) is 4.90 Å². The highest BCUT2D eigenvalue weighted by Crippen LogP contribution is 2.25. The molecular formula is C15H23NOS. The van der Waals surface area contributed by atoms with Crippen molar-refractivity contribution < 1.29 is 5.11 Å². The molecule has 0 saturated carbocycles. The zero-order valence-electron chi connectivity index (χ0n) is 11.9. The number of hydrogen-bond donors (Lipinski definition) is 1. The molecule has 0 aliphatic heterocycles. The molecule has 0 aromatic carbocycles. The summed E-state index contributed by atoms with van der Waals surface area (Å²) in [7, 11) is 2.16. The summed E-state index contributed by atoms with van der Waals surface area (Å²) >= 11 is 1.73. The molecule has 0 aliphatic rings. The molecule has 1 N–H and O–H groups in total. The van der Waals surface area contributed by atoms with Crippen LogP contribution in [-0.2, 0) is 6.54 Å². The van der Waals surface area contributed by atoms with Gasteiger partial charge >= 0.3 is 0 Å². The van der Waals surface area contributed by atoms with Crippen LogP contribution < -0.4 is 0 Å². The molecule has 1 aromatic rings. The van der Waals surface area contributed by atoms with E-state index in [0.717, 1.165) is 12.1 Å². The quantitative estimate of drug-likeness (QED) is 0.849. The van der Waals surface area contributed by atoms with Crippen LogP contribution in [0.3, 0.4) is 0 Å². The highest BCUT2D eigenvalue weighted by Gasteiger charge is 2.23. The summed E-state index contributed by atoms with van der Waals surface area (Å²) in [5, 5.41) is 10.7. The number of rotatable bonds is 3.